The molecule has 4 unspecified atom stereocenters. The average molecular weight is 486 g/mol. The van der Waals surface area contributed by atoms with Crippen LogP contribution in [0.5, 0.6) is 0 Å². The van der Waals surface area contributed by atoms with Crippen molar-refractivity contribution in [3.8, 4) is 11.1 Å². The third-order valence-corrected chi connectivity index (χ3v) is 7.70. The number of benzene rings is 1. The largest absolute Gasteiger partial charge is 0.481 e. The second-order valence-corrected chi connectivity index (χ2v) is 10.1. The van der Waals surface area contributed by atoms with Gasteiger partial charge >= 0.3 is 5.97 Å². The second kappa shape index (κ2) is 12.6. The number of thiophene rings is 1. The van der Waals surface area contributed by atoms with Crippen LogP contribution in [0.25, 0.3) is 11.1 Å². The van der Waals surface area contributed by atoms with Gasteiger partial charge in [0.05, 0.1) is 32.0 Å². The molecule has 6 nitrogen and oxygen atoms in total. The molecule has 4 rings (SSSR count). The fourth-order valence-electron chi connectivity index (χ4n) is 5.10. The van der Waals surface area contributed by atoms with Gasteiger partial charge in [-0.05, 0) is 41.8 Å². The molecule has 0 radical (unpaired) electrons. The second-order valence-electron chi connectivity index (χ2n) is 9.12. The molecule has 4 atom stereocenters. The summed E-state index contributed by atoms with van der Waals surface area (Å²) in [5, 5.41) is 22.0. The van der Waals surface area contributed by atoms with Crippen LogP contribution in [0.3, 0.4) is 0 Å². The Bertz CT molecular complexity index is 924. The Balaban J connectivity index is 1.39. The SMILES string of the molecule is O=C(O)CCC/C=C/CC1C(OCc2cc(-c3ccccc3)cs2)CC(O)C1N1CCOCC1. The van der Waals surface area contributed by atoms with E-state index in [0.29, 0.717) is 32.7 Å². The highest BCUT2D eigenvalue weighted by molar-refractivity contribution is 7.10. The topological polar surface area (TPSA) is 79.2 Å². The number of ether oxygens (including phenoxy) is 2. The standard InChI is InChI=1S/C27H35NO5S/c29-24-17-25(33-18-22-16-21(19-34-22)20-8-4-3-5-9-20)23(10-6-1-2-7-11-26(30)31)27(24)28-12-14-32-15-13-28/h1,3-6,8-9,16,19,23-25,27,29H,2,7,10-15,17-18H2,(H,30,31)/b6-1+. The molecule has 1 aliphatic heterocycles. The summed E-state index contributed by atoms with van der Waals surface area (Å²) in [6.45, 7) is 3.61. The van der Waals surface area contributed by atoms with Crippen molar-refractivity contribution in [1.82, 2.24) is 4.90 Å². The fourth-order valence-corrected chi connectivity index (χ4v) is 5.91. The van der Waals surface area contributed by atoms with Gasteiger partial charge in [0.15, 0.2) is 0 Å². The van der Waals surface area contributed by atoms with Gasteiger partial charge in [-0.3, -0.25) is 9.69 Å². The molecule has 2 fully saturated rings. The molecule has 0 bridgehead atoms. The molecule has 34 heavy (non-hydrogen) atoms. The zero-order valence-corrected chi connectivity index (χ0v) is 20.4. The van der Waals surface area contributed by atoms with Crippen molar-refractivity contribution < 1.29 is 24.5 Å². The van der Waals surface area contributed by atoms with Gasteiger partial charge in [0, 0.05) is 42.8 Å². The lowest BCUT2D eigenvalue weighted by atomic mass is 9.94. The van der Waals surface area contributed by atoms with E-state index in [9.17, 15) is 9.90 Å². The number of carboxylic acids is 1. The summed E-state index contributed by atoms with van der Waals surface area (Å²) in [7, 11) is 0. The molecule has 2 aromatic rings. The summed E-state index contributed by atoms with van der Waals surface area (Å²) < 4.78 is 12.0. The van der Waals surface area contributed by atoms with Gasteiger partial charge in [0.25, 0.3) is 0 Å². The number of nitrogens with zero attached hydrogens (tertiary/aromatic N) is 1. The third kappa shape index (κ3) is 6.77. The number of aliphatic hydroxyl groups is 1. The average Bonchev–Trinajstić information content (AvgIpc) is 3.45. The maximum atomic E-state index is 11.0. The summed E-state index contributed by atoms with van der Waals surface area (Å²) >= 11 is 1.71. The van der Waals surface area contributed by atoms with Crippen molar-refractivity contribution in [1.29, 1.82) is 0 Å². The summed E-state index contributed by atoms with van der Waals surface area (Å²) in [4.78, 5) is 14.3. The first-order chi connectivity index (χ1) is 16.6. The van der Waals surface area contributed by atoms with Crippen LogP contribution in [0.15, 0.2) is 53.9 Å². The zero-order valence-electron chi connectivity index (χ0n) is 19.6. The number of aliphatic carboxylic acids is 1. The Morgan fingerprint density at radius 1 is 1.18 bits per heavy atom. The first-order valence-electron chi connectivity index (χ1n) is 12.2. The van der Waals surface area contributed by atoms with Crippen LogP contribution in [0.4, 0.5) is 0 Å². The minimum Gasteiger partial charge on any atom is -0.481 e. The lowest BCUT2D eigenvalue weighted by molar-refractivity contribution is -0.137. The number of morpholine rings is 1. The summed E-state index contributed by atoms with van der Waals surface area (Å²) in [6, 6.07) is 12.6. The van der Waals surface area contributed by atoms with Crippen LogP contribution in [-0.2, 0) is 20.9 Å². The van der Waals surface area contributed by atoms with Gasteiger partial charge in [0.2, 0.25) is 0 Å². The van der Waals surface area contributed by atoms with E-state index in [1.807, 2.05) is 6.07 Å². The Morgan fingerprint density at radius 3 is 2.74 bits per heavy atom. The van der Waals surface area contributed by atoms with E-state index in [-0.39, 0.29) is 24.5 Å². The Morgan fingerprint density at radius 2 is 1.97 bits per heavy atom. The van der Waals surface area contributed by atoms with Crippen LogP contribution < -0.4 is 0 Å². The first kappa shape index (κ1) is 25.1. The summed E-state index contributed by atoms with van der Waals surface area (Å²) in [5.74, 6) is -0.561. The van der Waals surface area contributed by atoms with Gasteiger partial charge in [-0.1, -0.05) is 42.5 Å². The maximum absolute atomic E-state index is 11.0. The maximum Gasteiger partial charge on any atom is 0.303 e. The predicted molar refractivity (Wildman–Crippen MR) is 134 cm³/mol. The molecule has 2 aliphatic rings. The van der Waals surface area contributed by atoms with Crippen molar-refractivity contribution in [2.75, 3.05) is 26.3 Å². The minimum atomic E-state index is -0.753. The summed E-state index contributed by atoms with van der Waals surface area (Å²) in [6.07, 6.45) is 6.83. The van der Waals surface area contributed by atoms with E-state index in [1.54, 1.807) is 11.3 Å². The van der Waals surface area contributed by atoms with Crippen LogP contribution in [0.1, 0.15) is 37.0 Å². The summed E-state index contributed by atoms with van der Waals surface area (Å²) in [5.41, 5.74) is 2.42. The quantitative estimate of drug-likeness (QED) is 0.358. The monoisotopic (exact) mass is 485 g/mol. The Kier molecular flexibility index (Phi) is 9.30. The molecule has 184 valence electrons. The molecule has 2 N–H and O–H groups in total. The number of unbranched alkanes of at least 4 members (excludes halogenated alkanes) is 1. The molecule has 1 aromatic carbocycles. The fraction of sp³-hybridized carbons (Fsp3) is 0.519. The number of carbonyl (C=O) groups is 1. The molecular formula is C27H35NO5S. The van der Waals surface area contributed by atoms with Crippen LogP contribution in [0, 0.1) is 5.92 Å². The molecule has 0 amide bonds. The smallest absolute Gasteiger partial charge is 0.303 e. The first-order valence-corrected chi connectivity index (χ1v) is 13.1. The van der Waals surface area contributed by atoms with Gasteiger partial charge in [-0.25, -0.2) is 0 Å². The number of hydrogen-bond donors (Lipinski definition) is 2. The van der Waals surface area contributed by atoms with Crippen LogP contribution in [-0.4, -0.2) is 65.6 Å². The highest BCUT2D eigenvalue weighted by Crippen LogP contribution is 2.37. The van der Waals surface area contributed by atoms with E-state index >= 15 is 0 Å². The zero-order chi connectivity index (χ0) is 23.8. The third-order valence-electron chi connectivity index (χ3n) is 6.79. The van der Waals surface area contributed by atoms with E-state index in [0.717, 1.165) is 25.9 Å². The van der Waals surface area contributed by atoms with Crippen molar-refractivity contribution in [3.05, 3.63) is 58.8 Å². The van der Waals surface area contributed by atoms with Crippen LogP contribution >= 0.6 is 11.3 Å². The highest BCUT2D eigenvalue weighted by Gasteiger charge is 2.45. The molecule has 1 aromatic heterocycles. The van der Waals surface area contributed by atoms with Gasteiger partial charge in [-0.15, -0.1) is 11.3 Å². The Hall–Kier alpha value is -2.03. The number of aliphatic hydroxyl groups excluding tert-OH is 1. The molecule has 1 saturated carbocycles. The van der Waals surface area contributed by atoms with Crippen molar-refractivity contribution in [2.24, 2.45) is 5.92 Å². The van der Waals surface area contributed by atoms with Crippen molar-refractivity contribution >= 4 is 17.3 Å². The predicted octanol–water partition coefficient (Wildman–Crippen LogP) is 4.58. The van der Waals surface area contributed by atoms with E-state index in [2.05, 4.69) is 52.8 Å². The Labute approximate surface area is 205 Å². The molecule has 1 aliphatic carbocycles. The van der Waals surface area contributed by atoms with Crippen molar-refractivity contribution in [3.63, 3.8) is 0 Å². The molecule has 0 spiro atoms. The molecule has 7 heteroatoms. The molecular weight excluding hydrogens is 450 g/mol. The number of carboxylic acid groups (broad SMARTS) is 1. The van der Waals surface area contributed by atoms with Gasteiger partial charge in [0.1, 0.15) is 0 Å². The lowest BCUT2D eigenvalue weighted by Gasteiger charge is -2.37. The van der Waals surface area contributed by atoms with E-state index < -0.39 is 12.1 Å². The number of hydrogen-bond acceptors (Lipinski definition) is 6. The van der Waals surface area contributed by atoms with Crippen LogP contribution in [0.2, 0.25) is 0 Å². The number of rotatable bonds is 11. The van der Waals surface area contributed by atoms with Crippen molar-refractivity contribution in [2.45, 2.75) is 57.0 Å². The van der Waals surface area contributed by atoms with E-state index in [4.69, 9.17) is 14.6 Å². The molecule has 1 saturated heterocycles. The number of allylic oxidation sites excluding steroid dienone is 2. The molecule has 2 heterocycles. The lowest BCUT2D eigenvalue weighted by Crippen LogP contribution is -2.50. The van der Waals surface area contributed by atoms with E-state index in [1.165, 1.54) is 16.0 Å². The minimum absolute atomic E-state index is 0.0196. The van der Waals surface area contributed by atoms with Gasteiger partial charge in [-0.2, -0.15) is 0 Å². The van der Waals surface area contributed by atoms with Gasteiger partial charge < -0.3 is 19.7 Å². The normalized spacial score (nSPS) is 25.8. The highest BCUT2D eigenvalue weighted by atomic mass is 32.1.